The number of hydrogen-bond acceptors (Lipinski definition) is 35. The normalized spacial score (nSPS) is 54.2. The molecule has 0 aromatic rings. The molecule has 21 aliphatic heterocycles. The minimum atomic E-state index is -2.30. The zero-order valence-corrected chi connectivity index (χ0v) is 41.2. The zero-order chi connectivity index (χ0) is 57.6. The van der Waals surface area contributed by atoms with Crippen molar-refractivity contribution in [2.45, 2.75) is 221 Å². The average Bonchev–Trinajstić information content (AvgIpc) is 3.47. The molecule has 79 heavy (non-hydrogen) atoms. The van der Waals surface area contributed by atoms with Gasteiger partial charge >= 0.3 is 5.97 Å². The predicted octanol–water partition coefficient (Wildman–Crippen LogP) is -14.7. The molecule has 0 amide bonds. The molecule has 21 N–H and O–H groups in total. The fraction of sp³-hybridized carbons (Fsp3) is 0.977. The van der Waals surface area contributed by atoms with Crippen LogP contribution in [0, 0.1) is 0 Å². The summed E-state index contributed by atoms with van der Waals surface area (Å²) in [6, 6.07) is 0. The molecule has 35 atom stereocenters. The highest BCUT2D eigenvalue weighted by Crippen LogP contribution is 2.39. The van der Waals surface area contributed by atoms with Crippen LogP contribution in [0.25, 0.3) is 0 Å². The molecular formula is C43H70O36. The van der Waals surface area contributed by atoms with Crippen LogP contribution in [0.2, 0.25) is 0 Å². The van der Waals surface area contributed by atoms with Gasteiger partial charge in [-0.05, 0) is 0 Å². The van der Waals surface area contributed by atoms with E-state index >= 15 is 0 Å². The summed E-state index contributed by atoms with van der Waals surface area (Å²) in [4.78, 5) is 12.1. The van der Waals surface area contributed by atoms with Gasteiger partial charge in [-0.3, -0.25) is 4.79 Å². The lowest BCUT2D eigenvalue weighted by Crippen LogP contribution is -2.68. The largest absolute Gasteiger partial charge is 0.481 e. The van der Waals surface area contributed by atoms with E-state index in [1.807, 2.05) is 0 Å². The highest BCUT2D eigenvalue weighted by Gasteiger charge is 2.59. The lowest BCUT2D eigenvalue weighted by atomic mass is 9.94. The predicted molar refractivity (Wildman–Crippen MR) is 234 cm³/mol. The van der Waals surface area contributed by atoms with E-state index in [1.165, 1.54) is 0 Å². The Hall–Kier alpha value is -1.89. The Morgan fingerprint density at radius 1 is 0.228 bits per heavy atom. The van der Waals surface area contributed by atoms with Crippen LogP contribution in [-0.2, 0) is 71.1 Å². The zero-order valence-electron chi connectivity index (χ0n) is 41.2. The van der Waals surface area contributed by atoms with E-state index in [1.54, 1.807) is 0 Å². The summed E-state index contributed by atoms with van der Waals surface area (Å²) >= 11 is 0. The van der Waals surface area contributed by atoms with E-state index in [2.05, 4.69) is 0 Å². The highest BCUT2D eigenvalue weighted by molar-refractivity contribution is 5.67. The van der Waals surface area contributed by atoms with E-state index in [0.717, 1.165) is 0 Å². The first-order valence-electron chi connectivity index (χ1n) is 25.1. The molecule has 0 saturated carbocycles. The third-order valence-corrected chi connectivity index (χ3v) is 15.0. The van der Waals surface area contributed by atoms with Gasteiger partial charge in [-0.1, -0.05) is 0 Å². The molecule has 458 valence electrons. The van der Waals surface area contributed by atoms with Crippen molar-refractivity contribution in [2.75, 3.05) is 39.6 Å². The number of carboxylic acids is 1. The van der Waals surface area contributed by atoms with Crippen molar-refractivity contribution in [3.63, 3.8) is 0 Å². The van der Waals surface area contributed by atoms with E-state index in [4.69, 9.17) is 66.3 Å². The first-order chi connectivity index (χ1) is 37.5. The second-order valence-electron chi connectivity index (χ2n) is 20.1. The molecule has 21 heterocycles. The molecular weight excluding hydrogens is 1090 g/mol. The molecule has 21 saturated heterocycles. The molecule has 0 spiro atoms. The third-order valence-electron chi connectivity index (χ3n) is 15.0. The molecule has 0 aliphatic carbocycles. The number of ether oxygens (including phenoxy) is 14. The number of aliphatic hydroxyl groups excluding tert-OH is 20. The van der Waals surface area contributed by atoms with E-state index < -0.39 is 267 Å². The van der Waals surface area contributed by atoms with Crippen molar-refractivity contribution in [1.82, 2.24) is 0 Å². The van der Waals surface area contributed by atoms with Gasteiger partial charge in [-0.25, -0.2) is 0 Å². The second-order valence-corrected chi connectivity index (χ2v) is 20.1. The van der Waals surface area contributed by atoms with Crippen LogP contribution in [-0.4, -0.2) is 368 Å². The summed E-state index contributed by atoms with van der Waals surface area (Å²) in [5, 5.41) is 230. The Kier molecular flexibility index (Phi) is 21.2. The van der Waals surface area contributed by atoms with Gasteiger partial charge in [0.1, 0.15) is 171 Å². The first-order valence-corrected chi connectivity index (χ1v) is 25.1. The summed E-state index contributed by atoms with van der Waals surface area (Å²) in [6.45, 7) is -6.44. The van der Waals surface area contributed by atoms with Crippen molar-refractivity contribution in [1.29, 1.82) is 0 Å². The Morgan fingerprint density at radius 2 is 0.367 bits per heavy atom. The van der Waals surface area contributed by atoms with E-state index in [9.17, 15) is 112 Å². The number of carboxylic acid groups (broad SMARTS) is 1. The summed E-state index contributed by atoms with van der Waals surface area (Å²) in [5.74, 6) is -1.62. The van der Waals surface area contributed by atoms with Crippen molar-refractivity contribution in [2.24, 2.45) is 0 Å². The maximum Gasteiger partial charge on any atom is 0.306 e. The molecule has 36 nitrogen and oxygen atoms in total. The molecule has 36 heteroatoms. The lowest BCUT2D eigenvalue weighted by Gasteiger charge is -2.50. The first kappa shape index (κ1) is 63.1. The minimum absolute atomic E-state index is 1.06. The number of rotatable bonds is 8. The van der Waals surface area contributed by atoms with E-state index in [0.29, 0.717) is 0 Å². The lowest BCUT2D eigenvalue weighted by molar-refractivity contribution is -0.396. The molecule has 0 aromatic heterocycles. The SMILES string of the molecule is O=C(O)C[C@H]1O[C@@H]2O[C@H]3[C@H](O)[C@H](O)[C@@H](O[C@H]4[C@H](O)[C@H](O)[C@@H](O[C@H]5[C@H](O)[C@@H](O)[C@@H](O[C@H]6[C@H](O)[C@@H](O)[C@@H](O[C@H]7[C@H](O)[C@@H](O)[C@@H](O[C@H]8[C@H](O)[C@@H](O)[C@@H](O[C@H]1[C@H](O)[C@H]2O)O[C@@H]8CO)O[C@@H]7CO)O[C@@H]6CO)O[C@@H]5CO)O[C@@H]4CO)O[C@@H]3CO. The quantitative estimate of drug-likeness (QED) is 0.107. The third kappa shape index (κ3) is 12.6. The maximum absolute atomic E-state index is 12.1. The molecule has 21 rings (SSSR count). The van der Waals surface area contributed by atoms with Crippen LogP contribution >= 0.6 is 0 Å². The van der Waals surface area contributed by atoms with Crippen molar-refractivity contribution in [3.8, 4) is 0 Å². The number of hydrogen-bond donors (Lipinski definition) is 21. The smallest absolute Gasteiger partial charge is 0.306 e. The number of carbonyl (C=O) groups is 1. The molecule has 14 bridgehead atoms. The molecule has 0 unspecified atom stereocenters. The maximum atomic E-state index is 12.1. The molecule has 0 radical (unpaired) electrons. The Morgan fingerprint density at radius 3 is 0.506 bits per heavy atom. The van der Waals surface area contributed by atoms with Gasteiger partial charge in [0, 0.05) is 0 Å². The fourth-order valence-electron chi connectivity index (χ4n) is 10.6. The van der Waals surface area contributed by atoms with Crippen molar-refractivity contribution < 1.29 is 178 Å². The molecule has 21 fully saturated rings. The summed E-state index contributed by atoms with van der Waals surface area (Å²) in [6.07, 6.45) is -73.0. The van der Waals surface area contributed by atoms with Gasteiger partial charge in [0.05, 0.1) is 46.1 Å². The topological polar surface area (TPSA) is 571 Å². The summed E-state index contributed by atoms with van der Waals surface area (Å²) in [5.41, 5.74) is 0. The van der Waals surface area contributed by atoms with Gasteiger partial charge in [0.25, 0.3) is 0 Å². The van der Waals surface area contributed by atoms with Crippen molar-refractivity contribution in [3.05, 3.63) is 0 Å². The second kappa shape index (κ2) is 26.6. The number of aliphatic hydroxyl groups is 20. The monoisotopic (exact) mass is 1160 g/mol. The standard InChI is InChI=1S/C43H70O36/c44-2-9-31-18(54)25(61)39(68-9)76-33-11(4-46)70-41(27(63)20(33)56)78-35-13(6-48)72-43(29(65)22(35)58)79-36-14(7-49)71-42(28(64)21(36)57)77-34-12(5-47)69-40(26(62)19(34)55)75-32-10(3-45)67-38(24(60)17(32)53)73-30-8(1-15(50)51)66-37(74-31)23(59)16(30)52/h8-14,16-49,52-65H,1-7H2,(H,50,51)/t8-,9-,10-,11-,12-,13-,14-,16-,17-,18-,19-,20-,21-,22-,23-,24-,25+,26-,27+,28-,29-,30-,31-,32-,33-,34-,35-,36-,37-,38-,39-,40-,41-,42-,43-/m1/s1. The minimum Gasteiger partial charge on any atom is -0.481 e. The average molecular weight is 1160 g/mol. The molecule has 21 aliphatic rings. The number of aliphatic carboxylic acids is 1. The highest BCUT2D eigenvalue weighted by atomic mass is 16.8. The van der Waals surface area contributed by atoms with Crippen LogP contribution in [0.4, 0.5) is 0 Å². The van der Waals surface area contributed by atoms with Crippen LogP contribution in [0.15, 0.2) is 0 Å². The van der Waals surface area contributed by atoms with E-state index in [-0.39, 0.29) is 0 Å². The van der Waals surface area contributed by atoms with Gasteiger partial charge in [-0.2, -0.15) is 0 Å². The van der Waals surface area contributed by atoms with Crippen molar-refractivity contribution >= 4 is 5.97 Å². The Bertz CT molecular complexity index is 1920. The van der Waals surface area contributed by atoms with Crippen LogP contribution < -0.4 is 0 Å². The van der Waals surface area contributed by atoms with Crippen LogP contribution in [0.1, 0.15) is 6.42 Å². The Balaban J connectivity index is 1.09. The summed E-state index contributed by atoms with van der Waals surface area (Å²) in [7, 11) is 0. The molecule has 0 aromatic carbocycles. The van der Waals surface area contributed by atoms with Gasteiger partial charge in [-0.15, -0.1) is 0 Å². The van der Waals surface area contributed by atoms with Gasteiger partial charge in [0.15, 0.2) is 44.0 Å². The fourth-order valence-corrected chi connectivity index (χ4v) is 10.6. The van der Waals surface area contributed by atoms with Gasteiger partial charge in [0.2, 0.25) is 0 Å². The summed E-state index contributed by atoms with van der Waals surface area (Å²) < 4.78 is 79.4. The van der Waals surface area contributed by atoms with Crippen LogP contribution in [0.3, 0.4) is 0 Å². The Labute approximate surface area is 444 Å². The van der Waals surface area contributed by atoms with Crippen LogP contribution in [0.5, 0.6) is 0 Å². The van der Waals surface area contributed by atoms with Gasteiger partial charge < -0.3 is 174 Å².